The van der Waals surface area contributed by atoms with Gasteiger partial charge >= 0.3 is 0 Å². The molecule has 0 spiro atoms. The number of hydrogen-bond donors (Lipinski definition) is 0. The highest BCUT2D eigenvalue weighted by molar-refractivity contribution is 7.91. The fraction of sp³-hybridized carbons (Fsp3) is 0.478. The Balaban J connectivity index is 1.85. The van der Waals surface area contributed by atoms with E-state index in [4.69, 9.17) is 4.74 Å². The first kappa shape index (κ1) is 19.9. The van der Waals surface area contributed by atoms with Gasteiger partial charge in [0, 0.05) is 0 Å². The Labute approximate surface area is 163 Å². The molecule has 1 aliphatic carbocycles. The Bertz CT molecular complexity index is 925. The Kier molecular flexibility index (Phi) is 5.15. The van der Waals surface area contributed by atoms with Gasteiger partial charge in [0.2, 0.25) is 9.84 Å². The Morgan fingerprint density at radius 1 is 1.00 bits per heavy atom. The SMILES string of the molecule is CCC(C)(CC)Oc1ccc(S(=O)(=O)c2ccc3c(c2)CC3(C)CC)cc1. The van der Waals surface area contributed by atoms with E-state index in [1.54, 1.807) is 30.3 Å². The second kappa shape index (κ2) is 6.97. The quantitative estimate of drug-likeness (QED) is 0.613. The third-order valence-electron chi connectivity index (χ3n) is 6.39. The maximum Gasteiger partial charge on any atom is 0.206 e. The average molecular weight is 387 g/mol. The van der Waals surface area contributed by atoms with E-state index in [9.17, 15) is 8.42 Å². The Morgan fingerprint density at radius 3 is 2.11 bits per heavy atom. The molecule has 0 amide bonds. The minimum Gasteiger partial charge on any atom is -0.488 e. The van der Waals surface area contributed by atoms with Gasteiger partial charge in [0.25, 0.3) is 0 Å². The van der Waals surface area contributed by atoms with Crippen molar-refractivity contribution in [2.45, 2.75) is 81.1 Å². The van der Waals surface area contributed by atoms with Gasteiger partial charge in [-0.2, -0.15) is 0 Å². The largest absolute Gasteiger partial charge is 0.488 e. The van der Waals surface area contributed by atoms with Gasteiger partial charge in [0.05, 0.1) is 9.79 Å². The molecule has 0 heterocycles. The standard InChI is InChI=1S/C23H30O3S/c1-6-22(4)16-17-15-20(13-14-21(17)22)27(24,25)19-11-9-18(10-12-19)26-23(5,7-2)8-3/h9-15H,6-8,16H2,1-5H3. The lowest BCUT2D eigenvalue weighted by molar-refractivity contribution is 0.0802. The zero-order valence-electron chi connectivity index (χ0n) is 17.0. The summed E-state index contributed by atoms with van der Waals surface area (Å²) in [5, 5.41) is 0. The number of hydrogen-bond acceptors (Lipinski definition) is 3. The maximum absolute atomic E-state index is 13.0. The molecule has 1 unspecified atom stereocenters. The lowest BCUT2D eigenvalue weighted by Crippen LogP contribution is -2.35. The van der Waals surface area contributed by atoms with Crippen molar-refractivity contribution >= 4 is 9.84 Å². The summed E-state index contributed by atoms with van der Waals surface area (Å²) in [7, 11) is -3.52. The summed E-state index contributed by atoms with van der Waals surface area (Å²) in [4.78, 5) is 0.683. The summed E-state index contributed by atoms with van der Waals surface area (Å²) in [5.41, 5.74) is 2.41. The van der Waals surface area contributed by atoms with Gasteiger partial charge in [0.15, 0.2) is 0 Å². The fourth-order valence-corrected chi connectivity index (χ4v) is 5.01. The van der Waals surface area contributed by atoms with Crippen LogP contribution in [0.5, 0.6) is 5.75 Å². The predicted molar refractivity (Wildman–Crippen MR) is 109 cm³/mol. The van der Waals surface area contributed by atoms with Crippen LogP contribution in [0.4, 0.5) is 0 Å². The number of ether oxygens (including phenoxy) is 1. The molecule has 0 saturated heterocycles. The maximum atomic E-state index is 13.0. The van der Waals surface area contributed by atoms with E-state index in [1.807, 2.05) is 12.1 Å². The van der Waals surface area contributed by atoms with Gasteiger partial charge in [-0.1, -0.05) is 33.8 Å². The Hall–Kier alpha value is -1.81. The van der Waals surface area contributed by atoms with Crippen molar-refractivity contribution in [3.8, 4) is 5.75 Å². The average Bonchev–Trinajstić information content (AvgIpc) is 2.66. The third kappa shape index (κ3) is 3.52. The van der Waals surface area contributed by atoms with Gasteiger partial charge < -0.3 is 4.74 Å². The molecule has 0 aliphatic heterocycles. The summed E-state index contributed by atoms with van der Waals surface area (Å²) in [6, 6.07) is 12.4. The number of benzene rings is 2. The van der Waals surface area contributed by atoms with Crippen molar-refractivity contribution in [1.82, 2.24) is 0 Å². The van der Waals surface area contributed by atoms with Gasteiger partial charge in [-0.15, -0.1) is 0 Å². The molecule has 0 fully saturated rings. The van der Waals surface area contributed by atoms with E-state index in [0.29, 0.717) is 15.5 Å². The molecule has 0 aromatic heterocycles. The highest BCUT2D eigenvalue weighted by Crippen LogP contribution is 2.44. The first-order chi connectivity index (χ1) is 12.7. The summed E-state index contributed by atoms with van der Waals surface area (Å²) in [5.74, 6) is 0.705. The lowest BCUT2D eigenvalue weighted by Gasteiger charge is -2.41. The lowest BCUT2D eigenvalue weighted by atomic mass is 9.64. The van der Waals surface area contributed by atoms with Gasteiger partial charge in [0.1, 0.15) is 11.4 Å². The van der Waals surface area contributed by atoms with Crippen LogP contribution in [0.25, 0.3) is 0 Å². The van der Waals surface area contributed by atoms with E-state index in [2.05, 4.69) is 34.6 Å². The molecule has 27 heavy (non-hydrogen) atoms. The van der Waals surface area contributed by atoms with Crippen molar-refractivity contribution in [3.63, 3.8) is 0 Å². The molecule has 1 aliphatic rings. The molecule has 146 valence electrons. The van der Waals surface area contributed by atoms with Crippen molar-refractivity contribution in [3.05, 3.63) is 53.6 Å². The smallest absolute Gasteiger partial charge is 0.206 e. The van der Waals surface area contributed by atoms with Crippen LogP contribution in [0, 0.1) is 0 Å². The van der Waals surface area contributed by atoms with Crippen LogP contribution < -0.4 is 4.74 Å². The zero-order valence-corrected chi connectivity index (χ0v) is 17.8. The number of rotatable bonds is 7. The van der Waals surface area contributed by atoms with Crippen LogP contribution in [-0.2, 0) is 21.7 Å². The second-order valence-corrected chi connectivity index (χ2v) is 10.1. The van der Waals surface area contributed by atoms with Gasteiger partial charge in [-0.3, -0.25) is 0 Å². The molecule has 4 heteroatoms. The molecule has 0 radical (unpaired) electrons. The molecule has 2 aromatic rings. The molecule has 2 aromatic carbocycles. The topological polar surface area (TPSA) is 43.4 Å². The van der Waals surface area contributed by atoms with E-state index in [1.165, 1.54) is 5.56 Å². The van der Waals surface area contributed by atoms with Crippen LogP contribution in [0.3, 0.4) is 0 Å². The van der Waals surface area contributed by atoms with E-state index < -0.39 is 9.84 Å². The van der Waals surface area contributed by atoms with Crippen molar-refractivity contribution in [2.24, 2.45) is 0 Å². The first-order valence-corrected chi connectivity index (χ1v) is 11.3. The highest BCUT2D eigenvalue weighted by atomic mass is 32.2. The molecule has 0 bridgehead atoms. The molecule has 3 rings (SSSR count). The van der Waals surface area contributed by atoms with Crippen LogP contribution >= 0.6 is 0 Å². The van der Waals surface area contributed by atoms with E-state index >= 15 is 0 Å². The Morgan fingerprint density at radius 2 is 1.59 bits per heavy atom. The molecular weight excluding hydrogens is 356 g/mol. The van der Waals surface area contributed by atoms with E-state index in [0.717, 1.165) is 31.2 Å². The van der Waals surface area contributed by atoms with Crippen LogP contribution in [0.2, 0.25) is 0 Å². The summed E-state index contributed by atoms with van der Waals surface area (Å²) >= 11 is 0. The normalized spacial score (nSPS) is 19.3. The molecule has 0 saturated carbocycles. The summed E-state index contributed by atoms with van der Waals surface area (Å²) in [6.07, 6.45) is 3.81. The molecule has 3 nitrogen and oxygen atoms in total. The minimum absolute atomic E-state index is 0.196. The molecular formula is C23H30O3S. The van der Waals surface area contributed by atoms with Crippen molar-refractivity contribution in [1.29, 1.82) is 0 Å². The molecule has 1 atom stereocenters. The van der Waals surface area contributed by atoms with Crippen molar-refractivity contribution in [2.75, 3.05) is 0 Å². The number of fused-ring (bicyclic) bond motifs is 1. The van der Waals surface area contributed by atoms with Gasteiger partial charge in [-0.05, 0) is 85.5 Å². The zero-order chi connectivity index (χ0) is 19.9. The van der Waals surface area contributed by atoms with Crippen LogP contribution in [0.15, 0.2) is 52.3 Å². The monoisotopic (exact) mass is 386 g/mol. The highest BCUT2D eigenvalue weighted by Gasteiger charge is 2.37. The number of sulfone groups is 1. The van der Waals surface area contributed by atoms with Crippen molar-refractivity contribution < 1.29 is 13.2 Å². The third-order valence-corrected chi connectivity index (χ3v) is 8.16. The summed E-state index contributed by atoms with van der Waals surface area (Å²) in [6.45, 7) is 10.7. The van der Waals surface area contributed by atoms with E-state index in [-0.39, 0.29) is 11.0 Å². The summed E-state index contributed by atoms with van der Waals surface area (Å²) < 4.78 is 32.1. The first-order valence-electron chi connectivity index (χ1n) is 9.85. The molecule has 0 N–H and O–H groups in total. The second-order valence-electron chi connectivity index (χ2n) is 8.14. The predicted octanol–water partition coefficient (Wildman–Crippen LogP) is 5.70. The van der Waals surface area contributed by atoms with Crippen LogP contribution in [-0.4, -0.2) is 14.0 Å². The van der Waals surface area contributed by atoms with Gasteiger partial charge in [-0.25, -0.2) is 8.42 Å². The minimum atomic E-state index is -3.52. The van der Waals surface area contributed by atoms with Crippen LogP contribution in [0.1, 0.15) is 65.0 Å². The fourth-order valence-electron chi connectivity index (χ4n) is 3.70.